The molecule has 15 heteroatoms. The highest BCUT2D eigenvalue weighted by Crippen LogP contribution is 2.47. The number of nitrogens with zero attached hydrogens (tertiary/aromatic N) is 2. The summed E-state index contributed by atoms with van der Waals surface area (Å²) < 4.78 is 33.0. The SMILES string of the molecule is C.C.C=CC[C@]1(C)[C@@H](O)[C@@H](C)N(C(=O)OCc2ccccc2)[C@@H]1C(=O)OC.COC(=O)[C@H]1N(C(=O)OCc2ccccc2)[C@H](C)[C@H](O)[C@@]1(C)CCCB1OC(C)(C)C(C)(C)O1. The fraction of sp³-hybridized carbons (Fsp3) is 0.609. The first-order valence-corrected chi connectivity index (χ1v) is 20.2. The predicted molar refractivity (Wildman–Crippen MR) is 234 cm³/mol. The average molecular weight is 855 g/mol. The number of carbonyl (C=O) groups is 4. The smallest absolute Gasteiger partial charge is 0.457 e. The van der Waals surface area contributed by atoms with E-state index in [2.05, 4.69) is 6.58 Å². The van der Waals surface area contributed by atoms with Gasteiger partial charge in [-0.25, -0.2) is 19.2 Å². The van der Waals surface area contributed by atoms with Gasteiger partial charge in [0.05, 0.1) is 49.7 Å². The summed E-state index contributed by atoms with van der Waals surface area (Å²) in [7, 11) is 2.18. The van der Waals surface area contributed by atoms with E-state index in [1.54, 1.807) is 26.8 Å². The molecule has 340 valence electrons. The van der Waals surface area contributed by atoms with Crippen LogP contribution in [0.3, 0.4) is 0 Å². The third kappa shape index (κ3) is 11.2. The first-order chi connectivity index (χ1) is 27.7. The van der Waals surface area contributed by atoms with E-state index >= 15 is 0 Å². The van der Waals surface area contributed by atoms with Crippen LogP contribution in [-0.2, 0) is 51.1 Å². The van der Waals surface area contributed by atoms with Gasteiger partial charge in [-0.15, -0.1) is 6.58 Å². The number of hydrogen-bond donors (Lipinski definition) is 2. The van der Waals surface area contributed by atoms with Gasteiger partial charge in [-0.05, 0) is 71.8 Å². The molecule has 0 spiro atoms. The van der Waals surface area contributed by atoms with E-state index in [0.717, 1.165) is 11.1 Å². The normalized spacial score (nSPS) is 28.3. The van der Waals surface area contributed by atoms with E-state index < -0.39 is 82.5 Å². The molecule has 3 saturated heterocycles. The Morgan fingerprint density at radius 1 is 0.705 bits per heavy atom. The minimum absolute atomic E-state index is 0. The van der Waals surface area contributed by atoms with Crippen LogP contribution in [-0.4, -0.2) is 113 Å². The van der Waals surface area contributed by atoms with Gasteiger partial charge in [0.2, 0.25) is 0 Å². The monoisotopic (exact) mass is 855 g/mol. The largest absolute Gasteiger partial charge is 0.467 e. The van der Waals surface area contributed by atoms with Gasteiger partial charge in [-0.2, -0.15) is 0 Å². The van der Waals surface area contributed by atoms with Gasteiger partial charge in [0.1, 0.15) is 25.3 Å². The van der Waals surface area contributed by atoms with Crippen LogP contribution in [0.15, 0.2) is 73.3 Å². The molecule has 8 atom stereocenters. The number of rotatable bonds is 12. The number of amides is 2. The molecule has 0 aliphatic carbocycles. The minimum atomic E-state index is -0.968. The number of benzene rings is 2. The summed E-state index contributed by atoms with van der Waals surface area (Å²) in [5.74, 6) is -1.15. The van der Waals surface area contributed by atoms with Gasteiger partial charge in [0.25, 0.3) is 0 Å². The molecular formula is C46H71BN2O12. The molecule has 5 rings (SSSR count). The molecule has 14 nitrogen and oxygen atoms in total. The molecule has 3 heterocycles. The third-order valence-corrected chi connectivity index (χ3v) is 12.7. The number of carbonyl (C=O) groups excluding carboxylic acids is 4. The van der Waals surface area contributed by atoms with E-state index in [4.69, 9.17) is 28.3 Å². The van der Waals surface area contributed by atoms with E-state index in [1.165, 1.54) is 24.0 Å². The molecule has 2 amide bonds. The van der Waals surface area contributed by atoms with Crippen LogP contribution in [0.2, 0.25) is 6.32 Å². The molecule has 61 heavy (non-hydrogen) atoms. The number of aliphatic hydroxyl groups is 2. The predicted octanol–water partition coefficient (Wildman–Crippen LogP) is 7.59. The Bertz CT molecular complexity index is 1750. The van der Waals surface area contributed by atoms with Crippen molar-refractivity contribution in [3.05, 3.63) is 84.4 Å². The molecule has 3 aliphatic rings. The molecule has 3 fully saturated rings. The maximum atomic E-state index is 13.1. The number of hydrogen-bond acceptors (Lipinski definition) is 12. The Morgan fingerprint density at radius 3 is 1.46 bits per heavy atom. The fourth-order valence-electron chi connectivity index (χ4n) is 8.52. The second-order valence-corrected chi connectivity index (χ2v) is 17.2. The number of esters is 2. The van der Waals surface area contributed by atoms with Crippen molar-refractivity contribution >= 4 is 31.2 Å². The van der Waals surface area contributed by atoms with Crippen LogP contribution in [0.5, 0.6) is 0 Å². The number of ether oxygens (including phenoxy) is 4. The molecule has 2 aromatic carbocycles. The van der Waals surface area contributed by atoms with Crippen molar-refractivity contribution in [2.75, 3.05) is 14.2 Å². The van der Waals surface area contributed by atoms with E-state index in [9.17, 15) is 29.4 Å². The quantitative estimate of drug-likeness (QED) is 0.0930. The molecule has 0 unspecified atom stereocenters. The van der Waals surface area contributed by atoms with Crippen LogP contribution in [0, 0.1) is 10.8 Å². The summed E-state index contributed by atoms with van der Waals surface area (Å²) in [5.41, 5.74) is -0.968. The summed E-state index contributed by atoms with van der Waals surface area (Å²) in [4.78, 5) is 53.6. The van der Waals surface area contributed by atoms with Crippen molar-refractivity contribution in [1.82, 2.24) is 9.80 Å². The van der Waals surface area contributed by atoms with E-state index in [-0.39, 0.29) is 35.2 Å². The Morgan fingerprint density at radius 2 is 1.08 bits per heavy atom. The molecule has 0 aromatic heterocycles. The van der Waals surface area contributed by atoms with Crippen LogP contribution in [0.1, 0.15) is 101 Å². The van der Waals surface area contributed by atoms with Gasteiger partial charge in [0, 0.05) is 10.8 Å². The number of likely N-dealkylation sites (tertiary alicyclic amines) is 2. The highest BCUT2D eigenvalue weighted by Gasteiger charge is 2.61. The van der Waals surface area contributed by atoms with Crippen molar-refractivity contribution in [2.45, 2.75) is 157 Å². The number of methoxy groups -OCH3 is 2. The summed E-state index contributed by atoms with van der Waals surface area (Å²) in [6, 6.07) is 15.5. The summed E-state index contributed by atoms with van der Waals surface area (Å²) in [6.07, 6.45) is 0.570. The van der Waals surface area contributed by atoms with Crippen molar-refractivity contribution < 1.29 is 57.6 Å². The third-order valence-electron chi connectivity index (χ3n) is 12.7. The average Bonchev–Trinajstić information content (AvgIpc) is 3.64. The molecule has 3 aliphatic heterocycles. The van der Waals surface area contributed by atoms with Gasteiger partial charge < -0.3 is 38.5 Å². The lowest BCUT2D eigenvalue weighted by Gasteiger charge is -2.34. The van der Waals surface area contributed by atoms with Crippen LogP contribution < -0.4 is 0 Å². The molecular weight excluding hydrogens is 783 g/mol. The molecule has 0 bridgehead atoms. The van der Waals surface area contributed by atoms with Crippen molar-refractivity contribution in [3.63, 3.8) is 0 Å². The number of aliphatic hydroxyl groups excluding tert-OH is 2. The molecule has 0 radical (unpaired) electrons. The zero-order valence-corrected chi connectivity index (χ0v) is 36.2. The molecule has 2 aromatic rings. The summed E-state index contributed by atoms with van der Waals surface area (Å²) >= 11 is 0. The lowest BCUT2D eigenvalue weighted by Crippen LogP contribution is -2.49. The maximum absolute atomic E-state index is 13.1. The second kappa shape index (κ2) is 21.6. The standard InChI is InChI=1S/C25H38BNO7.C19H25NO5.2CH4/c1-17-20(28)25(6,14-11-15-26-33-23(2,3)24(4,5)34-26)19(21(29)31-7)27(17)22(30)32-16-18-12-9-8-10-13-18;1-5-11-19(3)15(17(22)24-4)20(13(2)16(19)21)18(23)25-12-14-9-7-6-8-10-14;;/h8-10,12-13,17,19-20,28H,11,14-16H2,1-7H3;5-10,13,15-16,21H,1,11-12H2,2-4H3;2*1H4/t17-,19-,20+,25+;13-,15-,16+,19+;;/m11../s1. The number of allylic oxidation sites excluding steroid dienone is 1. The Balaban J connectivity index is 0.000000425. The Kier molecular flexibility index (Phi) is 18.6. The first kappa shape index (κ1) is 52.7. The highest BCUT2D eigenvalue weighted by atomic mass is 16.7. The maximum Gasteiger partial charge on any atom is 0.457 e. The lowest BCUT2D eigenvalue weighted by atomic mass is 9.72. The zero-order valence-electron chi connectivity index (χ0n) is 36.2. The van der Waals surface area contributed by atoms with Crippen molar-refractivity contribution in [2.24, 2.45) is 10.8 Å². The van der Waals surface area contributed by atoms with Crippen LogP contribution >= 0.6 is 0 Å². The summed E-state index contributed by atoms with van der Waals surface area (Å²) in [6.45, 7) is 18.9. The molecule has 0 saturated carbocycles. The Hall–Kier alpha value is -4.44. The van der Waals surface area contributed by atoms with Crippen LogP contribution in [0.25, 0.3) is 0 Å². The van der Waals surface area contributed by atoms with Gasteiger partial charge in [-0.3, -0.25) is 9.80 Å². The molecule has 2 N–H and O–H groups in total. The van der Waals surface area contributed by atoms with Crippen molar-refractivity contribution in [1.29, 1.82) is 0 Å². The second-order valence-electron chi connectivity index (χ2n) is 17.2. The van der Waals surface area contributed by atoms with Gasteiger partial charge in [0.15, 0.2) is 0 Å². The highest BCUT2D eigenvalue weighted by molar-refractivity contribution is 6.45. The van der Waals surface area contributed by atoms with Gasteiger partial charge in [-0.1, -0.05) is 102 Å². The Labute approximate surface area is 364 Å². The van der Waals surface area contributed by atoms with Crippen molar-refractivity contribution in [3.8, 4) is 0 Å². The summed E-state index contributed by atoms with van der Waals surface area (Å²) in [5, 5.41) is 21.8. The van der Waals surface area contributed by atoms with Crippen LogP contribution in [0.4, 0.5) is 9.59 Å². The van der Waals surface area contributed by atoms with E-state index in [1.807, 2.05) is 95.3 Å². The topological polar surface area (TPSA) is 171 Å². The lowest BCUT2D eigenvalue weighted by molar-refractivity contribution is -0.150. The zero-order chi connectivity index (χ0) is 43.9. The first-order valence-electron chi connectivity index (χ1n) is 20.2. The fourth-order valence-corrected chi connectivity index (χ4v) is 8.52. The van der Waals surface area contributed by atoms with Gasteiger partial charge >= 0.3 is 31.2 Å². The van der Waals surface area contributed by atoms with E-state index in [0.29, 0.717) is 25.6 Å². The minimum Gasteiger partial charge on any atom is -0.467 e.